The molecule has 6 nitrogen and oxygen atoms in total. The van der Waals surface area contributed by atoms with Crippen LogP contribution in [0.3, 0.4) is 0 Å². The summed E-state index contributed by atoms with van der Waals surface area (Å²) >= 11 is 0. The third-order valence-corrected chi connectivity index (χ3v) is 2.33. The molecule has 1 aromatic heterocycles. The highest BCUT2D eigenvalue weighted by Gasteiger charge is 2.12. The van der Waals surface area contributed by atoms with Crippen LogP contribution in [0.15, 0.2) is 0 Å². The normalized spacial score (nSPS) is 13.2. The van der Waals surface area contributed by atoms with Crippen molar-refractivity contribution >= 4 is 0 Å². The summed E-state index contributed by atoms with van der Waals surface area (Å²) < 4.78 is 28.6. The summed E-state index contributed by atoms with van der Waals surface area (Å²) in [6, 6.07) is 0.108. The van der Waals surface area contributed by atoms with Crippen LogP contribution >= 0.6 is 0 Å². The van der Waals surface area contributed by atoms with Gasteiger partial charge in [-0.25, -0.2) is 8.78 Å². The fourth-order valence-electron chi connectivity index (χ4n) is 1.59. The van der Waals surface area contributed by atoms with Crippen molar-refractivity contribution < 1.29 is 13.5 Å². The van der Waals surface area contributed by atoms with Crippen molar-refractivity contribution in [3.05, 3.63) is 5.82 Å². The van der Waals surface area contributed by atoms with E-state index in [-0.39, 0.29) is 6.04 Å². The topological polar surface area (TPSA) is 64.9 Å². The second kappa shape index (κ2) is 8.04. The number of ether oxygens (including phenoxy) is 1. The van der Waals surface area contributed by atoms with E-state index in [1.165, 1.54) is 4.80 Å². The van der Waals surface area contributed by atoms with Gasteiger partial charge in [-0.2, -0.15) is 4.80 Å². The lowest BCUT2D eigenvalue weighted by Crippen LogP contribution is -2.32. The lowest BCUT2D eigenvalue weighted by molar-refractivity contribution is 0.0144. The van der Waals surface area contributed by atoms with Crippen LogP contribution in [0.2, 0.25) is 0 Å². The van der Waals surface area contributed by atoms with Gasteiger partial charge in [0.1, 0.15) is 6.61 Å². The van der Waals surface area contributed by atoms with E-state index < -0.39 is 13.0 Å². The monoisotopic (exact) mass is 263 g/mol. The molecule has 0 aromatic carbocycles. The Balaban J connectivity index is 2.30. The fraction of sp³-hybridized carbons (Fsp3) is 0.900. The number of likely N-dealkylation sites (N-methyl/N-ethyl adjacent to an activating group) is 1. The molecule has 0 saturated heterocycles. The Labute approximate surface area is 105 Å². The van der Waals surface area contributed by atoms with Gasteiger partial charge in [0.05, 0.1) is 7.05 Å². The second-order valence-electron chi connectivity index (χ2n) is 3.91. The van der Waals surface area contributed by atoms with Gasteiger partial charge in [0, 0.05) is 19.1 Å². The molecule has 0 aliphatic carbocycles. The minimum Gasteiger partial charge on any atom is -0.375 e. The van der Waals surface area contributed by atoms with E-state index >= 15 is 0 Å². The average Bonchev–Trinajstić information content (AvgIpc) is 2.70. The van der Waals surface area contributed by atoms with Gasteiger partial charge in [0.25, 0.3) is 6.43 Å². The zero-order valence-corrected chi connectivity index (χ0v) is 10.6. The predicted octanol–water partition coefficient (Wildman–Crippen LogP) is 0.402. The number of halogens is 2. The highest BCUT2D eigenvalue weighted by molar-refractivity contribution is 4.84. The summed E-state index contributed by atoms with van der Waals surface area (Å²) in [7, 11) is 1.70. The van der Waals surface area contributed by atoms with Gasteiger partial charge in [0.15, 0.2) is 5.82 Å². The van der Waals surface area contributed by atoms with E-state index in [0.717, 1.165) is 6.54 Å². The fourth-order valence-corrected chi connectivity index (χ4v) is 1.59. The lowest BCUT2D eigenvalue weighted by atomic mass is 10.1. The minimum absolute atomic E-state index is 0.108. The van der Waals surface area contributed by atoms with Crippen LogP contribution in [0.4, 0.5) is 8.78 Å². The largest absolute Gasteiger partial charge is 0.375 e. The third-order valence-electron chi connectivity index (χ3n) is 2.33. The first-order valence-electron chi connectivity index (χ1n) is 5.94. The molecule has 0 aliphatic heterocycles. The maximum atomic E-state index is 11.9. The van der Waals surface area contributed by atoms with Crippen molar-refractivity contribution in [3.8, 4) is 0 Å². The molecule has 8 heteroatoms. The molecular formula is C10H19F2N5O. The van der Waals surface area contributed by atoms with Crippen LogP contribution in [-0.4, -0.2) is 52.4 Å². The van der Waals surface area contributed by atoms with Crippen LogP contribution in [0.25, 0.3) is 0 Å². The minimum atomic E-state index is -2.41. The standard InChI is InChI=1S/C10H19F2N5O/c1-3-13-8(4-5-18-7-9(11)12)6-10-14-16-17(2)15-10/h8-9,13H,3-7H2,1-2H3. The highest BCUT2D eigenvalue weighted by atomic mass is 19.3. The van der Waals surface area contributed by atoms with Crippen LogP contribution in [0.1, 0.15) is 19.2 Å². The van der Waals surface area contributed by atoms with Crippen molar-refractivity contribution in [2.75, 3.05) is 19.8 Å². The summed E-state index contributed by atoms with van der Waals surface area (Å²) in [5, 5.41) is 15.0. The first kappa shape index (κ1) is 14.9. The van der Waals surface area contributed by atoms with E-state index in [1.807, 2.05) is 6.92 Å². The Morgan fingerprint density at radius 3 is 2.78 bits per heavy atom. The number of aromatic nitrogens is 4. The Morgan fingerprint density at radius 2 is 2.22 bits per heavy atom. The molecule has 0 amide bonds. The predicted molar refractivity (Wildman–Crippen MR) is 61.4 cm³/mol. The van der Waals surface area contributed by atoms with Crippen molar-refractivity contribution in [2.24, 2.45) is 7.05 Å². The first-order chi connectivity index (χ1) is 8.61. The Morgan fingerprint density at radius 1 is 1.44 bits per heavy atom. The van der Waals surface area contributed by atoms with Crippen LogP contribution < -0.4 is 5.32 Å². The smallest absolute Gasteiger partial charge is 0.261 e. The number of rotatable bonds is 9. The number of hydrogen-bond acceptors (Lipinski definition) is 5. The average molecular weight is 263 g/mol. The first-order valence-corrected chi connectivity index (χ1v) is 5.94. The van der Waals surface area contributed by atoms with Crippen LogP contribution in [0, 0.1) is 0 Å². The number of nitrogens with one attached hydrogen (secondary N) is 1. The molecule has 104 valence electrons. The van der Waals surface area contributed by atoms with Gasteiger partial charge in [0.2, 0.25) is 0 Å². The summed E-state index contributed by atoms with van der Waals surface area (Å²) in [5.41, 5.74) is 0. The number of aryl methyl sites for hydroxylation is 1. The van der Waals surface area contributed by atoms with Gasteiger partial charge in [-0.15, -0.1) is 10.2 Å². The number of tetrazole rings is 1. The van der Waals surface area contributed by atoms with Gasteiger partial charge < -0.3 is 10.1 Å². The van der Waals surface area contributed by atoms with E-state index in [9.17, 15) is 8.78 Å². The van der Waals surface area contributed by atoms with Gasteiger partial charge in [-0.05, 0) is 18.2 Å². The summed E-state index contributed by atoms with van der Waals surface area (Å²) in [6.45, 7) is 2.56. The van der Waals surface area contributed by atoms with Crippen molar-refractivity contribution in [3.63, 3.8) is 0 Å². The lowest BCUT2D eigenvalue weighted by Gasteiger charge is -2.15. The van der Waals surface area contributed by atoms with E-state index in [4.69, 9.17) is 4.74 Å². The Bertz CT molecular complexity index is 334. The molecule has 0 spiro atoms. The molecule has 1 rings (SSSR count). The molecule has 1 heterocycles. The number of nitrogens with zero attached hydrogens (tertiary/aromatic N) is 4. The number of alkyl halides is 2. The third kappa shape index (κ3) is 5.97. The Kier molecular flexibility index (Phi) is 6.66. The SMILES string of the molecule is CCNC(CCOCC(F)F)Cc1nnn(C)n1. The maximum absolute atomic E-state index is 11.9. The quantitative estimate of drug-likeness (QED) is 0.653. The zero-order valence-electron chi connectivity index (χ0n) is 10.6. The molecule has 0 aliphatic rings. The van der Waals surface area contributed by atoms with Crippen LogP contribution in [-0.2, 0) is 18.2 Å². The van der Waals surface area contributed by atoms with E-state index in [2.05, 4.69) is 20.7 Å². The molecule has 0 radical (unpaired) electrons. The molecule has 0 fully saturated rings. The molecule has 1 unspecified atom stereocenters. The number of hydrogen-bond donors (Lipinski definition) is 1. The molecule has 1 atom stereocenters. The molecular weight excluding hydrogens is 244 g/mol. The van der Waals surface area contributed by atoms with E-state index in [0.29, 0.717) is 25.3 Å². The molecule has 1 N–H and O–H groups in total. The van der Waals surface area contributed by atoms with Crippen molar-refractivity contribution in [1.82, 2.24) is 25.5 Å². The molecule has 1 aromatic rings. The zero-order chi connectivity index (χ0) is 13.4. The van der Waals surface area contributed by atoms with E-state index in [1.54, 1.807) is 7.05 Å². The van der Waals surface area contributed by atoms with Crippen molar-refractivity contribution in [1.29, 1.82) is 0 Å². The maximum Gasteiger partial charge on any atom is 0.261 e. The molecule has 0 bridgehead atoms. The van der Waals surface area contributed by atoms with Gasteiger partial charge in [-0.1, -0.05) is 6.92 Å². The van der Waals surface area contributed by atoms with Gasteiger partial charge >= 0.3 is 0 Å². The van der Waals surface area contributed by atoms with Gasteiger partial charge in [-0.3, -0.25) is 0 Å². The summed E-state index contributed by atoms with van der Waals surface area (Å²) in [5.74, 6) is 0.636. The highest BCUT2D eigenvalue weighted by Crippen LogP contribution is 2.02. The van der Waals surface area contributed by atoms with Crippen molar-refractivity contribution in [2.45, 2.75) is 32.2 Å². The Hall–Kier alpha value is -1.15. The molecule has 0 saturated carbocycles. The second-order valence-corrected chi connectivity index (χ2v) is 3.91. The molecule has 18 heavy (non-hydrogen) atoms. The summed E-state index contributed by atoms with van der Waals surface area (Å²) in [6.07, 6.45) is -1.16. The van der Waals surface area contributed by atoms with Crippen LogP contribution in [0.5, 0.6) is 0 Å². The summed E-state index contributed by atoms with van der Waals surface area (Å²) in [4.78, 5) is 1.39.